The second kappa shape index (κ2) is 5.72. The molecule has 116 valence electrons. The van der Waals surface area contributed by atoms with E-state index in [2.05, 4.69) is 15.1 Å². The van der Waals surface area contributed by atoms with Crippen molar-refractivity contribution in [2.24, 2.45) is 0 Å². The number of anilines is 1. The van der Waals surface area contributed by atoms with Gasteiger partial charge >= 0.3 is 0 Å². The van der Waals surface area contributed by atoms with Crippen LogP contribution in [0.5, 0.6) is 0 Å². The average Bonchev–Trinajstić information content (AvgIpc) is 2.86. The van der Waals surface area contributed by atoms with E-state index in [0.29, 0.717) is 48.2 Å². The van der Waals surface area contributed by atoms with Crippen LogP contribution in [0.15, 0.2) is 16.9 Å². The molecular weight excluding hydrogens is 286 g/mol. The predicted octanol–water partition coefficient (Wildman–Crippen LogP) is 0.877. The van der Waals surface area contributed by atoms with Crippen LogP contribution in [-0.4, -0.2) is 45.6 Å². The summed E-state index contributed by atoms with van der Waals surface area (Å²) in [6.45, 7) is 4.76. The molecule has 8 heteroatoms. The van der Waals surface area contributed by atoms with Crippen molar-refractivity contribution in [1.29, 1.82) is 0 Å². The quantitative estimate of drug-likeness (QED) is 0.877. The van der Waals surface area contributed by atoms with Crippen LogP contribution in [0.1, 0.15) is 33.6 Å². The van der Waals surface area contributed by atoms with Gasteiger partial charge in [-0.15, -0.1) is 0 Å². The minimum Gasteiger partial charge on any atom is -0.382 e. The smallest absolute Gasteiger partial charge is 0.259 e. The number of hydrogen-bond donors (Lipinski definition) is 1. The molecule has 0 saturated carbocycles. The fourth-order valence-electron chi connectivity index (χ4n) is 2.55. The van der Waals surface area contributed by atoms with Crippen molar-refractivity contribution in [3.63, 3.8) is 0 Å². The number of nitrogens with two attached hydrogens (primary N) is 1. The number of aromatic nitrogens is 3. The largest absolute Gasteiger partial charge is 0.382 e. The molecule has 1 unspecified atom stereocenters. The predicted molar refractivity (Wildman–Crippen MR) is 77.0 cm³/mol. The molecule has 0 aliphatic carbocycles. The van der Waals surface area contributed by atoms with E-state index in [4.69, 9.17) is 15.0 Å². The van der Waals surface area contributed by atoms with Gasteiger partial charge in [0.25, 0.3) is 5.91 Å². The molecule has 1 aliphatic rings. The summed E-state index contributed by atoms with van der Waals surface area (Å²) in [5.41, 5.74) is 7.48. The van der Waals surface area contributed by atoms with Gasteiger partial charge in [0.15, 0.2) is 0 Å². The van der Waals surface area contributed by atoms with E-state index < -0.39 is 0 Å². The molecule has 0 aromatic carbocycles. The highest BCUT2D eigenvalue weighted by Gasteiger charge is 2.31. The standard InChI is InChI=1S/C14H17N5O3/c1-8-11(9(2)22-18-8)14(20)19-5-6-21-10(7-19)12-13(15)17-4-3-16-12/h3-4,10H,5-7H2,1-2H3,(H2,15,17). The Hall–Kier alpha value is -2.48. The third-order valence-corrected chi connectivity index (χ3v) is 3.66. The van der Waals surface area contributed by atoms with Crippen LogP contribution < -0.4 is 5.73 Å². The fraction of sp³-hybridized carbons (Fsp3) is 0.429. The molecule has 0 spiro atoms. The molecule has 1 aliphatic heterocycles. The van der Waals surface area contributed by atoms with Crippen LogP contribution >= 0.6 is 0 Å². The van der Waals surface area contributed by atoms with Gasteiger partial charge in [-0.05, 0) is 13.8 Å². The normalized spacial score (nSPS) is 18.5. The van der Waals surface area contributed by atoms with Crippen molar-refractivity contribution in [2.75, 3.05) is 25.4 Å². The Kier molecular flexibility index (Phi) is 3.76. The highest BCUT2D eigenvalue weighted by atomic mass is 16.5. The average molecular weight is 303 g/mol. The van der Waals surface area contributed by atoms with Gasteiger partial charge in [0, 0.05) is 18.9 Å². The summed E-state index contributed by atoms with van der Waals surface area (Å²) in [4.78, 5) is 22.6. The first-order valence-electron chi connectivity index (χ1n) is 6.98. The van der Waals surface area contributed by atoms with E-state index in [9.17, 15) is 4.79 Å². The van der Waals surface area contributed by atoms with Crippen LogP contribution in [0.2, 0.25) is 0 Å². The third-order valence-electron chi connectivity index (χ3n) is 3.66. The Morgan fingerprint density at radius 2 is 2.14 bits per heavy atom. The number of amides is 1. The molecular formula is C14H17N5O3. The van der Waals surface area contributed by atoms with Gasteiger partial charge in [0.1, 0.15) is 28.9 Å². The van der Waals surface area contributed by atoms with E-state index in [1.54, 1.807) is 24.9 Å². The van der Waals surface area contributed by atoms with Gasteiger partial charge in [-0.1, -0.05) is 5.16 Å². The first-order valence-corrected chi connectivity index (χ1v) is 6.98. The van der Waals surface area contributed by atoms with Gasteiger partial charge < -0.3 is 19.9 Å². The van der Waals surface area contributed by atoms with E-state index in [-0.39, 0.29) is 12.0 Å². The van der Waals surface area contributed by atoms with Crippen molar-refractivity contribution < 1.29 is 14.1 Å². The second-order valence-corrected chi connectivity index (χ2v) is 5.14. The number of morpholine rings is 1. The maximum absolute atomic E-state index is 12.7. The molecule has 2 aromatic rings. The number of nitrogens with zero attached hydrogens (tertiary/aromatic N) is 4. The molecule has 0 bridgehead atoms. The zero-order chi connectivity index (χ0) is 15.7. The summed E-state index contributed by atoms with van der Waals surface area (Å²) in [6.07, 6.45) is 2.70. The van der Waals surface area contributed by atoms with E-state index in [1.165, 1.54) is 6.20 Å². The summed E-state index contributed by atoms with van der Waals surface area (Å²) in [5.74, 6) is 0.718. The molecule has 2 N–H and O–H groups in total. The molecule has 3 rings (SSSR count). The Bertz CT molecular complexity index is 680. The van der Waals surface area contributed by atoms with Gasteiger partial charge in [0.05, 0.1) is 18.8 Å². The highest BCUT2D eigenvalue weighted by Crippen LogP contribution is 2.25. The Morgan fingerprint density at radius 3 is 2.82 bits per heavy atom. The van der Waals surface area contributed by atoms with Crippen LogP contribution in [-0.2, 0) is 4.74 Å². The molecule has 8 nitrogen and oxygen atoms in total. The van der Waals surface area contributed by atoms with E-state index in [0.717, 1.165) is 0 Å². The number of aryl methyl sites for hydroxylation is 2. The monoisotopic (exact) mass is 303 g/mol. The number of carbonyl (C=O) groups is 1. The topological polar surface area (TPSA) is 107 Å². The molecule has 22 heavy (non-hydrogen) atoms. The summed E-state index contributed by atoms with van der Waals surface area (Å²) in [5, 5.41) is 3.83. The zero-order valence-electron chi connectivity index (χ0n) is 12.4. The number of nitrogen functional groups attached to an aromatic ring is 1. The first-order chi connectivity index (χ1) is 10.6. The molecule has 1 amide bonds. The van der Waals surface area contributed by atoms with Crippen molar-refractivity contribution in [2.45, 2.75) is 20.0 Å². The van der Waals surface area contributed by atoms with Gasteiger partial charge in [0.2, 0.25) is 0 Å². The summed E-state index contributed by atoms with van der Waals surface area (Å²) >= 11 is 0. The first kappa shape index (κ1) is 14.5. The van der Waals surface area contributed by atoms with Crippen molar-refractivity contribution in [1.82, 2.24) is 20.0 Å². The SMILES string of the molecule is Cc1noc(C)c1C(=O)N1CCOC(c2nccnc2N)C1. The maximum Gasteiger partial charge on any atom is 0.259 e. The zero-order valence-corrected chi connectivity index (χ0v) is 12.4. The number of ether oxygens (including phenoxy) is 1. The Balaban J connectivity index is 1.82. The van der Waals surface area contributed by atoms with Crippen LogP contribution in [0.25, 0.3) is 0 Å². The summed E-state index contributed by atoms with van der Waals surface area (Å²) in [7, 11) is 0. The second-order valence-electron chi connectivity index (χ2n) is 5.14. The maximum atomic E-state index is 12.7. The summed E-state index contributed by atoms with van der Waals surface area (Å²) < 4.78 is 10.8. The summed E-state index contributed by atoms with van der Waals surface area (Å²) in [6, 6.07) is 0. The Labute approximate surface area is 127 Å². The molecule has 2 aromatic heterocycles. The number of carbonyl (C=O) groups excluding carboxylic acids is 1. The lowest BCUT2D eigenvalue weighted by molar-refractivity contribution is -0.0245. The van der Waals surface area contributed by atoms with Crippen molar-refractivity contribution >= 4 is 11.7 Å². The van der Waals surface area contributed by atoms with Gasteiger partial charge in [-0.2, -0.15) is 0 Å². The van der Waals surface area contributed by atoms with E-state index in [1.807, 2.05) is 0 Å². The molecule has 3 heterocycles. The molecule has 1 fully saturated rings. The minimum atomic E-state index is -0.383. The third kappa shape index (κ3) is 2.52. The van der Waals surface area contributed by atoms with Crippen LogP contribution in [0.3, 0.4) is 0 Å². The lowest BCUT2D eigenvalue weighted by Gasteiger charge is -2.32. The highest BCUT2D eigenvalue weighted by molar-refractivity contribution is 5.96. The van der Waals surface area contributed by atoms with Gasteiger partial charge in [-0.25, -0.2) is 4.98 Å². The molecule has 1 saturated heterocycles. The molecule has 0 radical (unpaired) electrons. The van der Waals surface area contributed by atoms with Crippen molar-refractivity contribution in [3.05, 3.63) is 35.1 Å². The minimum absolute atomic E-state index is 0.119. The lowest BCUT2D eigenvalue weighted by atomic mass is 10.1. The van der Waals surface area contributed by atoms with Crippen molar-refractivity contribution in [3.8, 4) is 0 Å². The van der Waals surface area contributed by atoms with E-state index >= 15 is 0 Å². The van der Waals surface area contributed by atoms with Gasteiger partial charge in [-0.3, -0.25) is 9.78 Å². The lowest BCUT2D eigenvalue weighted by Crippen LogP contribution is -2.43. The number of rotatable bonds is 2. The van der Waals surface area contributed by atoms with Crippen LogP contribution in [0.4, 0.5) is 5.82 Å². The Morgan fingerprint density at radius 1 is 1.36 bits per heavy atom. The fourth-order valence-corrected chi connectivity index (χ4v) is 2.55. The molecule has 1 atom stereocenters. The number of hydrogen-bond acceptors (Lipinski definition) is 7. The van der Waals surface area contributed by atoms with Crippen LogP contribution in [0, 0.1) is 13.8 Å².